The molecule has 116 valence electrons. The van der Waals surface area contributed by atoms with E-state index in [2.05, 4.69) is 0 Å². The number of hydrogen-bond donors (Lipinski definition) is 2. The quantitative estimate of drug-likeness (QED) is 0.602. The highest BCUT2D eigenvalue weighted by Crippen LogP contribution is 2.27. The van der Waals surface area contributed by atoms with Crippen molar-refractivity contribution in [2.45, 2.75) is 30.7 Å². The predicted octanol–water partition coefficient (Wildman–Crippen LogP) is 1.78. The molecule has 0 aliphatic carbocycles. The van der Waals surface area contributed by atoms with E-state index in [4.69, 9.17) is 16.7 Å². The average molecular weight is 337 g/mol. The summed E-state index contributed by atoms with van der Waals surface area (Å²) in [4.78, 5) is 20.5. The van der Waals surface area contributed by atoms with Crippen LogP contribution in [0.3, 0.4) is 0 Å². The molecule has 0 amide bonds. The molecule has 1 rings (SSSR count). The zero-order chi connectivity index (χ0) is 16.4. The summed E-state index contributed by atoms with van der Waals surface area (Å²) in [5, 5.41) is 19.5. The number of aliphatic carboxylic acids is 1. The van der Waals surface area contributed by atoms with Gasteiger partial charge >= 0.3 is 5.97 Å². The van der Waals surface area contributed by atoms with Gasteiger partial charge in [0, 0.05) is 12.1 Å². The van der Waals surface area contributed by atoms with Crippen LogP contribution < -0.4 is 4.72 Å². The van der Waals surface area contributed by atoms with Crippen molar-refractivity contribution < 1.29 is 23.2 Å². The van der Waals surface area contributed by atoms with E-state index in [-0.39, 0.29) is 11.4 Å². The lowest BCUT2D eigenvalue weighted by atomic mass is 10.0. The second kappa shape index (κ2) is 5.96. The highest BCUT2D eigenvalue weighted by Gasteiger charge is 2.37. The molecule has 0 aliphatic heterocycles. The Bertz CT molecular complexity index is 690. The molecule has 0 bridgehead atoms. The van der Waals surface area contributed by atoms with E-state index >= 15 is 0 Å². The van der Waals surface area contributed by atoms with Crippen LogP contribution in [0.2, 0.25) is 5.02 Å². The van der Waals surface area contributed by atoms with E-state index in [1.165, 1.54) is 13.8 Å². The van der Waals surface area contributed by atoms with Crippen LogP contribution in [0.5, 0.6) is 0 Å². The molecular weight excluding hydrogens is 324 g/mol. The fourth-order valence-corrected chi connectivity index (χ4v) is 3.39. The van der Waals surface area contributed by atoms with E-state index in [0.29, 0.717) is 0 Å². The average Bonchev–Trinajstić information content (AvgIpc) is 2.37. The van der Waals surface area contributed by atoms with Gasteiger partial charge in [0.05, 0.1) is 9.95 Å². The molecule has 0 aromatic heterocycles. The maximum atomic E-state index is 12.2. The van der Waals surface area contributed by atoms with Gasteiger partial charge < -0.3 is 5.11 Å². The number of rotatable bonds is 6. The molecule has 1 unspecified atom stereocenters. The van der Waals surface area contributed by atoms with Gasteiger partial charge in [-0.1, -0.05) is 18.5 Å². The van der Waals surface area contributed by atoms with Crippen molar-refractivity contribution in [3.63, 3.8) is 0 Å². The van der Waals surface area contributed by atoms with Gasteiger partial charge in [0.2, 0.25) is 10.0 Å². The molecule has 0 saturated carbocycles. The second-order valence-electron chi connectivity index (χ2n) is 4.47. The fraction of sp³-hybridized carbons (Fsp3) is 0.364. The van der Waals surface area contributed by atoms with Gasteiger partial charge in [-0.2, -0.15) is 4.72 Å². The molecule has 1 aromatic carbocycles. The Morgan fingerprint density at radius 2 is 2.10 bits per heavy atom. The summed E-state index contributed by atoms with van der Waals surface area (Å²) >= 11 is 5.75. The Morgan fingerprint density at radius 3 is 2.52 bits per heavy atom. The Hall–Kier alpha value is -1.71. The molecule has 0 spiro atoms. The normalized spacial score (nSPS) is 14.4. The molecule has 0 heterocycles. The minimum atomic E-state index is -4.33. The van der Waals surface area contributed by atoms with Gasteiger partial charge in [0.25, 0.3) is 5.69 Å². The number of carbonyl (C=O) groups is 1. The monoisotopic (exact) mass is 336 g/mol. The molecular formula is C11H13ClN2O6S. The SMILES string of the molecule is CCC(C)(NS(=O)(=O)c1cc([N+](=O)[O-])ccc1Cl)C(=O)O. The Labute approximate surface area is 125 Å². The van der Waals surface area contributed by atoms with Gasteiger partial charge in [-0.15, -0.1) is 0 Å². The Balaban J connectivity index is 3.35. The van der Waals surface area contributed by atoms with Gasteiger partial charge in [0.15, 0.2) is 0 Å². The minimum Gasteiger partial charge on any atom is -0.480 e. The van der Waals surface area contributed by atoms with Crippen molar-refractivity contribution in [2.75, 3.05) is 0 Å². The first-order valence-corrected chi connectivity index (χ1v) is 7.61. The van der Waals surface area contributed by atoms with Crippen molar-refractivity contribution in [1.29, 1.82) is 0 Å². The molecule has 2 N–H and O–H groups in total. The number of carboxylic acid groups (broad SMARTS) is 1. The third kappa shape index (κ3) is 3.69. The summed E-state index contributed by atoms with van der Waals surface area (Å²) in [5.74, 6) is -1.37. The zero-order valence-corrected chi connectivity index (χ0v) is 12.7. The molecule has 0 saturated heterocycles. The maximum absolute atomic E-state index is 12.2. The van der Waals surface area contributed by atoms with E-state index < -0.39 is 37.0 Å². The number of nitro groups is 1. The summed E-state index contributed by atoms with van der Waals surface area (Å²) in [6, 6.07) is 2.90. The van der Waals surface area contributed by atoms with Crippen LogP contribution in [-0.4, -0.2) is 30.0 Å². The molecule has 10 heteroatoms. The van der Waals surface area contributed by atoms with Gasteiger partial charge in [-0.25, -0.2) is 8.42 Å². The van der Waals surface area contributed by atoms with Gasteiger partial charge in [0.1, 0.15) is 10.4 Å². The first-order valence-electron chi connectivity index (χ1n) is 5.75. The summed E-state index contributed by atoms with van der Waals surface area (Å²) in [6.07, 6.45) is -0.0197. The van der Waals surface area contributed by atoms with E-state index in [1.807, 2.05) is 4.72 Å². The van der Waals surface area contributed by atoms with Gasteiger partial charge in [-0.05, 0) is 19.4 Å². The Kier molecular flexibility index (Phi) is 4.92. The highest BCUT2D eigenvalue weighted by molar-refractivity contribution is 7.89. The third-order valence-electron chi connectivity index (χ3n) is 2.95. The first-order chi connectivity index (χ1) is 9.53. The second-order valence-corrected chi connectivity index (χ2v) is 6.53. The van der Waals surface area contributed by atoms with Crippen molar-refractivity contribution in [1.82, 2.24) is 4.72 Å². The van der Waals surface area contributed by atoms with Crippen molar-refractivity contribution in [3.8, 4) is 0 Å². The highest BCUT2D eigenvalue weighted by atomic mass is 35.5. The molecule has 0 fully saturated rings. The maximum Gasteiger partial charge on any atom is 0.324 e. The standard InChI is InChI=1S/C11H13ClN2O6S/c1-3-11(2,10(15)16)13-21(19,20)9-6-7(14(17)18)4-5-8(9)12/h4-6,13H,3H2,1-2H3,(H,15,16). The number of benzene rings is 1. The summed E-state index contributed by atoms with van der Waals surface area (Å²) in [7, 11) is -4.33. The van der Waals surface area contributed by atoms with Crippen molar-refractivity contribution in [2.24, 2.45) is 0 Å². The van der Waals surface area contributed by atoms with E-state index in [9.17, 15) is 23.3 Å². The number of nitrogens with zero attached hydrogens (tertiary/aromatic N) is 1. The summed E-state index contributed by atoms with van der Waals surface area (Å²) in [6.45, 7) is 2.68. The van der Waals surface area contributed by atoms with E-state index in [0.717, 1.165) is 18.2 Å². The fourth-order valence-electron chi connectivity index (χ4n) is 1.43. The van der Waals surface area contributed by atoms with Crippen LogP contribution in [0.15, 0.2) is 23.1 Å². The number of non-ortho nitro benzene ring substituents is 1. The lowest BCUT2D eigenvalue weighted by Gasteiger charge is -2.24. The van der Waals surface area contributed by atoms with Crippen LogP contribution in [0.1, 0.15) is 20.3 Å². The number of nitrogens with one attached hydrogen (secondary N) is 1. The summed E-state index contributed by atoms with van der Waals surface area (Å²) in [5.41, 5.74) is -2.21. The van der Waals surface area contributed by atoms with Gasteiger partial charge in [-0.3, -0.25) is 14.9 Å². The van der Waals surface area contributed by atoms with Crippen LogP contribution in [0.4, 0.5) is 5.69 Å². The van der Waals surface area contributed by atoms with Crippen LogP contribution in [0.25, 0.3) is 0 Å². The first kappa shape index (κ1) is 17.3. The van der Waals surface area contributed by atoms with Crippen LogP contribution in [-0.2, 0) is 14.8 Å². The number of hydrogen-bond acceptors (Lipinski definition) is 5. The van der Waals surface area contributed by atoms with Crippen LogP contribution in [0, 0.1) is 10.1 Å². The lowest BCUT2D eigenvalue weighted by Crippen LogP contribution is -2.51. The molecule has 1 atom stereocenters. The van der Waals surface area contributed by atoms with Crippen molar-refractivity contribution >= 4 is 33.3 Å². The number of halogens is 1. The largest absolute Gasteiger partial charge is 0.480 e. The van der Waals surface area contributed by atoms with Crippen molar-refractivity contribution in [3.05, 3.63) is 33.3 Å². The van der Waals surface area contributed by atoms with E-state index in [1.54, 1.807) is 0 Å². The summed E-state index contributed by atoms with van der Waals surface area (Å²) < 4.78 is 26.5. The zero-order valence-electron chi connectivity index (χ0n) is 11.2. The minimum absolute atomic E-state index is 0.0197. The number of nitro benzene ring substituents is 1. The molecule has 1 aromatic rings. The topological polar surface area (TPSA) is 127 Å². The van der Waals surface area contributed by atoms with Crippen LogP contribution >= 0.6 is 11.6 Å². The molecule has 8 nitrogen and oxygen atoms in total. The number of carboxylic acids is 1. The third-order valence-corrected chi connectivity index (χ3v) is 5.03. The predicted molar refractivity (Wildman–Crippen MR) is 74.8 cm³/mol. The molecule has 21 heavy (non-hydrogen) atoms. The number of sulfonamides is 1. The molecule has 0 aliphatic rings. The molecule has 0 radical (unpaired) electrons. The Morgan fingerprint density at radius 1 is 1.52 bits per heavy atom. The smallest absolute Gasteiger partial charge is 0.324 e. The lowest BCUT2D eigenvalue weighted by molar-refractivity contribution is -0.385.